The summed E-state index contributed by atoms with van der Waals surface area (Å²) in [7, 11) is 0. The van der Waals surface area contributed by atoms with E-state index >= 15 is 0 Å². The van der Waals surface area contributed by atoms with E-state index in [1.54, 1.807) is 0 Å². The van der Waals surface area contributed by atoms with Gasteiger partial charge in [0.15, 0.2) is 0 Å². The van der Waals surface area contributed by atoms with Crippen molar-refractivity contribution in [3.05, 3.63) is 33.8 Å². The molecule has 1 saturated heterocycles. The van der Waals surface area contributed by atoms with Gasteiger partial charge in [0.1, 0.15) is 0 Å². The summed E-state index contributed by atoms with van der Waals surface area (Å²) < 4.78 is 0. The van der Waals surface area contributed by atoms with Crippen LogP contribution in [0.15, 0.2) is 18.2 Å². The van der Waals surface area contributed by atoms with Gasteiger partial charge in [0.05, 0.1) is 5.60 Å². The van der Waals surface area contributed by atoms with E-state index in [0.717, 1.165) is 37.8 Å². The number of halogens is 2. The van der Waals surface area contributed by atoms with Gasteiger partial charge in [-0.3, -0.25) is 0 Å². The number of benzene rings is 1. The Morgan fingerprint density at radius 1 is 1.16 bits per heavy atom. The second kappa shape index (κ2) is 5.25. The molecule has 1 heterocycles. The molecular weight excluding hydrogens is 281 g/mol. The molecule has 1 aromatic rings. The van der Waals surface area contributed by atoms with Gasteiger partial charge < -0.3 is 10.4 Å². The molecule has 0 spiro atoms. The van der Waals surface area contributed by atoms with Crippen LogP contribution in [0.2, 0.25) is 10.0 Å². The highest BCUT2D eigenvalue weighted by Crippen LogP contribution is 2.48. The fraction of sp³-hybridized carbons (Fsp3) is 0.600. The first-order chi connectivity index (χ1) is 9.12. The molecule has 1 saturated carbocycles. The van der Waals surface area contributed by atoms with E-state index in [-0.39, 0.29) is 12.0 Å². The maximum absolute atomic E-state index is 10.9. The smallest absolute Gasteiger partial charge is 0.0706 e. The molecule has 3 rings (SSSR count). The average Bonchev–Trinajstić information content (AvgIpc) is 2.38. The first-order valence-electron chi connectivity index (χ1n) is 7.01. The molecule has 19 heavy (non-hydrogen) atoms. The lowest BCUT2D eigenvalue weighted by molar-refractivity contribution is -0.0861. The molecule has 1 aromatic carbocycles. The van der Waals surface area contributed by atoms with Crippen molar-refractivity contribution in [2.75, 3.05) is 6.54 Å². The highest BCUT2D eigenvalue weighted by molar-refractivity contribution is 6.36. The molecule has 2 aliphatic rings. The summed E-state index contributed by atoms with van der Waals surface area (Å²) in [6, 6.07) is 5.69. The van der Waals surface area contributed by atoms with Gasteiger partial charge in [-0.2, -0.15) is 0 Å². The van der Waals surface area contributed by atoms with Crippen LogP contribution < -0.4 is 5.32 Å². The van der Waals surface area contributed by atoms with Crippen LogP contribution in [0.25, 0.3) is 0 Å². The van der Waals surface area contributed by atoms with Crippen LogP contribution in [-0.2, 0) is 0 Å². The van der Waals surface area contributed by atoms with Crippen molar-refractivity contribution in [2.24, 2.45) is 5.92 Å². The van der Waals surface area contributed by atoms with E-state index in [9.17, 15) is 5.11 Å². The summed E-state index contributed by atoms with van der Waals surface area (Å²) in [6.07, 6.45) is 5.06. The zero-order valence-electron chi connectivity index (χ0n) is 10.8. The highest BCUT2D eigenvalue weighted by atomic mass is 35.5. The van der Waals surface area contributed by atoms with Crippen LogP contribution in [-0.4, -0.2) is 17.3 Å². The zero-order valence-corrected chi connectivity index (χ0v) is 12.3. The van der Waals surface area contributed by atoms with Gasteiger partial charge in [0.25, 0.3) is 0 Å². The predicted octanol–water partition coefficient (Wildman–Crippen LogP) is 3.95. The third-order valence-corrected chi connectivity index (χ3v) is 5.36. The number of hydrogen-bond donors (Lipinski definition) is 2. The van der Waals surface area contributed by atoms with Gasteiger partial charge in [-0.15, -0.1) is 0 Å². The van der Waals surface area contributed by atoms with Gasteiger partial charge in [0, 0.05) is 27.6 Å². The largest absolute Gasteiger partial charge is 0.389 e. The highest BCUT2D eigenvalue weighted by Gasteiger charge is 2.46. The number of fused-ring (bicyclic) bond motifs is 1. The van der Waals surface area contributed by atoms with Crippen molar-refractivity contribution in [3.63, 3.8) is 0 Å². The van der Waals surface area contributed by atoms with Crippen LogP contribution >= 0.6 is 23.2 Å². The second-order valence-electron chi connectivity index (χ2n) is 5.77. The number of nitrogens with one attached hydrogen (secondary N) is 1. The van der Waals surface area contributed by atoms with Crippen LogP contribution in [0.1, 0.15) is 43.7 Å². The second-order valence-corrected chi connectivity index (χ2v) is 6.59. The van der Waals surface area contributed by atoms with E-state index in [2.05, 4.69) is 5.32 Å². The quantitative estimate of drug-likeness (QED) is 0.823. The molecule has 4 heteroatoms. The summed E-state index contributed by atoms with van der Waals surface area (Å²) >= 11 is 12.7. The van der Waals surface area contributed by atoms with Crippen LogP contribution in [0.4, 0.5) is 0 Å². The number of rotatable bonds is 1. The summed E-state index contributed by atoms with van der Waals surface area (Å²) in [6.45, 7) is 0.819. The Morgan fingerprint density at radius 3 is 2.63 bits per heavy atom. The summed E-state index contributed by atoms with van der Waals surface area (Å²) in [5.41, 5.74) is 0.410. The molecule has 0 bridgehead atoms. The minimum Gasteiger partial charge on any atom is -0.389 e. The Hall–Kier alpha value is -0.280. The lowest BCUT2D eigenvalue weighted by Gasteiger charge is -2.48. The van der Waals surface area contributed by atoms with Crippen molar-refractivity contribution >= 4 is 23.2 Å². The number of aliphatic hydroxyl groups is 1. The first-order valence-corrected chi connectivity index (χ1v) is 7.77. The lowest BCUT2D eigenvalue weighted by Crippen LogP contribution is -2.53. The molecule has 2 nitrogen and oxygen atoms in total. The monoisotopic (exact) mass is 299 g/mol. The minimum absolute atomic E-state index is 0.0697. The third kappa shape index (κ3) is 2.40. The van der Waals surface area contributed by atoms with E-state index in [4.69, 9.17) is 23.2 Å². The molecule has 1 aliphatic heterocycles. The zero-order chi connectivity index (χ0) is 13.5. The van der Waals surface area contributed by atoms with Crippen molar-refractivity contribution in [1.29, 1.82) is 0 Å². The Balaban J connectivity index is 1.99. The lowest BCUT2D eigenvalue weighted by atomic mass is 9.67. The van der Waals surface area contributed by atoms with E-state index in [0.29, 0.717) is 10.0 Å². The summed E-state index contributed by atoms with van der Waals surface area (Å²) in [5.74, 6) is 0.215. The van der Waals surface area contributed by atoms with Crippen LogP contribution in [0.5, 0.6) is 0 Å². The SMILES string of the molecule is O[C@@]12CCCC[C@H]1[C@H](c1c(Cl)cccc1Cl)NCC2. The van der Waals surface area contributed by atoms with Gasteiger partial charge in [-0.25, -0.2) is 0 Å². The predicted molar refractivity (Wildman–Crippen MR) is 78.7 cm³/mol. The molecule has 0 aromatic heterocycles. The maximum Gasteiger partial charge on any atom is 0.0706 e. The third-order valence-electron chi connectivity index (χ3n) is 4.70. The van der Waals surface area contributed by atoms with Crippen molar-refractivity contribution < 1.29 is 5.11 Å². The summed E-state index contributed by atoms with van der Waals surface area (Å²) in [4.78, 5) is 0. The molecule has 0 radical (unpaired) electrons. The molecular formula is C15H19Cl2NO. The van der Waals surface area contributed by atoms with Crippen molar-refractivity contribution in [2.45, 2.75) is 43.7 Å². The van der Waals surface area contributed by atoms with Gasteiger partial charge in [-0.05, 0) is 37.9 Å². The molecule has 0 unspecified atom stereocenters. The molecule has 104 valence electrons. The standard InChI is InChI=1S/C15H19Cl2NO/c16-11-5-3-6-12(17)13(11)14-10-4-1-2-7-15(10,19)8-9-18-14/h3,5-6,10,14,18-19H,1-2,4,7-9H2/t10-,14+,15+/m0/s1. The van der Waals surface area contributed by atoms with Crippen molar-refractivity contribution in [3.8, 4) is 0 Å². The fourth-order valence-electron chi connectivity index (χ4n) is 3.73. The topological polar surface area (TPSA) is 32.3 Å². The first kappa shape index (κ1) is 13.7. The van der Waals surface area contributed by atoms with E-state index < -0.39 is 5.60 Å². The molecule has 2 N–H and O–H groups in total. The Bertz CT molecular complexity index is 455. The Morgan fingerprint density at radius 2 is 1.89 bits per heavy atom. The number of piperidine rings is 1. The molecule has 2 fully saturated rings. The normalized spacial score (nSPS) is 34.9. The van der Waals surface area contributed by atoms with E-state index in [1.807, 2.05) is 18.2 Å². The van der Waals surface area contributed by atoms with Crippen LogP contribution in [0.3, 0.4) is 0 Å². The van der Waals surface area contributed by atoms with Crippen LogP contribution in [0, 0.1) is 5.92 Å². The Labute approximate surface area is 124 Å². The Kier molecular flexibility index (Phi) is 3.78. The molecule has 0 amide bonds. The molecule has 3 atom stereocenters. The fourth-order valence-corrected chi connectivity index (χ4v) is 4.37. The minimum atomic E-state index is -0.545. The average molecular weight is 300 g/mol. The van der Waals surface area contributed by atoms with Gasteiger partial charge in [-0.1, -0.05) is 42.1 Å². The number of hydrogen-bond acceptors (Lipinski definition) is 2. The van der Waals surface area contributed by atoms with Gasteiger partial charge in [0.2, 0.25) is 0 Å². The molecule has 1 aliphatic carbocycles. The summed E-state index contributed by atoms with van der Waals surface area (Å²) in [5, 5.41) is 15.8. The van der Waals surface area contributed by atoms with E-state index in [1.165, 1.54) is 6.42 Å². The van der Waals surface area contributed by atoms with Crippen molar-refractivity contribution in [1.82, 2.24) is 5.32 Å². The maximum atomic E-state index is 10.9. The van der Waals surface area contributed by atoms with Gasteiger partial charge >= 0.3 is 0 Å².